The summed E-state index contributed by atoms with van der Waals surface area (Å²) in [6.07, 6.45) is 9.76. The molecule has 16 heavy (non-hydrogen) atoms. The molecule has 0 aromatic rings. The fourth-order valence-electron chi connectivity index (χ4n) is 4.25. The molecular formula is C14H24O2. The third-order valence-corrected chi connectivity index (χ3v) is 4.59. The van der Waals surface area contributed by atoms with Crippen LogP contribution in [0.1, 0.15) is 58.8 Å². The molecule has 0 amide bonds. The molecule has 2 nitrogen and oxygen atoms in total. The van der Waals surface area contributed by atoms with Crippen molar-refractivity contribution in [2.24, 2.45) is 11.8 Å². The van der Waals surface area contributed by atoms with E-state index in [2.05, 4.69) is 13.8 Å². The lowest BCUT2D eigenvalue weighted by Crippen LogP contribution is -2.52. The van der Waals surface area contributed by atoms with E-state index in [1.165, 1.54) is 25.7 Å². The number of rotatable bonds is 0. The lowest BCUT2D eigenvalue weighted by molar-refractivity contribution is -0.335. The maximum absolute atomic E-state index is 6.20. The highest BCUT2D eigenvalue weighted by Gasteiger charge is 2.47. The summed E-state index contributed by atoms with van der Waals surface area (Å²) in [5.41, 5.74) is 0. The Bertz CT molecular complexity index is 239. The molecule has 1 aliphatic heterocycles. The van der Waals surface area contributed by atoms with E-state index in [1.807, 2.05) is 0 Å². The Morgan fingerprint density at radius 2 is 1.44 bits per heavy atom. The maximum Gasteiger partial charge on any atom is 0.169 e. The number of fused-ring (bicyclic) bond motifs is 2. The van der Waals surface area contributed by atoms with Crippen LogP contribution in [-0.2, 0) is 9.47 Å². The smallest absolute Gasteiger partial charge is 0.169 e. The van der Waals surface area contributed by atoms with Crippen LogP contribution in [0.5, 0.6) is 0 Å². The molecule has 0 unspecified atom stereocenters. The quantitative estimate of drug-likeness (QED) is 0.627. The topological polar surface area (TPSA) is 18.5 Å². The Morgan fingerprint density at radius 1 is 0.875 bits per heavy atom. The minimum Gasteiger partial charge on any atom is -0.347 e. The zero-order chi connectivity index (χ0) is 11.2. The fraction of sp³-hybridized carbons (Fsp3) is 1.00. The van der Waals surface area contributed by atoms with Gasteiger partial charge in [-0.05, 0) is 38.5 Å². The maximum atomic E-state index is 6.20. The van der Waals surface area contributed by atoms with E-state index >= 15 is 0 Å². The summed E-state index contributed by atoms with van der Waals surface area (Å²) in [6, 6.07) is 0. The van der Waals surface area contributed by atoms with E-state index < -0.39 is 0 Å². The van der Waals surface area contributed by atoms with Crippen LogP contribution in [0, 0.1) is 11.8 Å². The summed E-state index contributed by atoms with van der Waals surface area (Å²) in [5, 5.41) is 0. The van der Waals surface area contributed by atoms with Crippen molar-refractivity contribution in [3.63, 3.8) is 0 Å². The van der Waals surface area contributed by atoms with E-state index in [4.69, 9.17) is 9.47 Å². The average Bonchev–Trinajstić information content (AvgIpc) is 2.13. The van der Waals surface area contributed by atoms with Gasteiger partial charge < -0.3 is 9.47 Å². The van der Waals surface area contributed by atoms with Gasteiger partial charge in [-0.25, -0.2) is 0 Å². The van der Waals surface area contributed by atoms with Crippen molar-refractivity contribution < 1.29 is 9.47 Å². The molecule has 1 saturated heterocycles. The van der Waals surface area contributed by atoms with Gasteiger partial charge in [-0.2, -0.15) is 0 Å². The molecule has 4 atom stereocenters. The second-order valence-electron chi connectivity index (χ2n) is 6.31. The molecule has 2 saturated carbocycles. The van der Waals surface area contributed by atoms with E-state index in [0.717, 1.165) is 31.1 Å². The molecule has 2 heteroatoms. The summed E-state index contributed by atoms with van der Waals surface area (Å²) in [5.74, 6) is 1.53. The molecule has 0 aromatic heterocycles. The molecule has 2 bridgehead atoms. The van der Waals surface area contributed by atoms with Crippen molar-refractivity contribution in [3.05, 3.63) is 0 Å². The lowest BCUT2D eigenvalue weighted by atomic mass is 9.69. The number of hydrogen-bond donors (Lipinski definition) is 0. The van der Waals surface area contributed by atoms with E-state index in [9.17, 15) is 0 Å². The van der Waals surface area contributed by atoms with Crippen molar-refractivity contribution in [1.82, 2.24) is 0 Å². The molecule has 0 aromatic carbocycles. The van der Waals surface area contributed by atoms with Gasteiger partial charge in [-0.1, -0.05) is 19.3 Å². The highest BCUT2D eigenvalue weighted by molar-refractivity contribution is 4.91. The van der Waals surface area contributed by atoms with E-state index in [1.54, 1.807) is 0 Å². The Hall–Kier alpha value is -0.0800. The fourth-order valence-corrected chi connectivity index (χ4v) is 4.25. The van der Waals surface area contributed by atoms with Crippen LogP contribution < -0.4 is 0 Å². The van der Waals surface area contributed by atoms with Crippen LogP contribution in [0.3, 0.4) is 0 Å². The van der Waals surface area contributed by atoms with Gasteiger partial charge in [0.2, 0.25) is 0 Å². The SMILES string of the molecule is C[C@@H]1C[C@@H](C)OC2(C[C@@H]3CCC[C@@H](C3)C2)O1. The second kappa shape index (κ2) is 3.99. The molecule has 1 spiro atoms. The van der Waals surface area contributed by atoms with Gasteiger partial charge in [0.15, 0.2) is 5.79 Å². The molecule has 3 fully saturated rings. The van der Waals surface area contributed by atoms with Crippen LogP contribution in [0.2, 0.25) is 0 Å². The Labute approximate surface area is 98.7 Å². The molecule has 1 heterocycles. The normalized spacial score (nSPS) is 52.9. The summed E-state index contributed by atoms with van der Waals surface area (Å²) < 4.78 is 12.4. The molecule has 0 radical (unpaired) electrons. The van der Waals surface area contributed by atoms with Gasteiger partial charge in [-0.15, -0.1) is 0 Å². The molecule has 3 aliphatic rings. The zero-order valence-corrected chi connectivity index (χ0v) is 10.6. The minimum absolute atomic E-state index is 0.203. The number of ether oxygens (including phenoxy) is 2. The Morgan fingerprint density at radius 3 is 2.00 bits per heavy atom. The van der Waals surface area contributed by atoms with Gasteiger partial charge >= 0.3 is 0 Å². The van der Waals surface area contributed by atoms with Crippen molar-refractivity contribution in [1.29, 1.82) is 0 Å². The Kier molecular flexibility index (Phi) is 2.75. The van der Waals surface area contributed by atoms with Gasteiger partial charge in [0.25, 0.3) is 0 Å². The van der Waals surface area contributed by atoms with Gasteiger partial charge in [0, 0.05) is 12.8 Å². The van der Waals surface area contributed by atoms with Gasteiger partial charge in [0.05, 0.1) is 12.2 Å². The average molecular weight is 224 g/mol. The standard InChI is InChI=1S/C14H24O2/c1-10-6-11(2)16-14(15-10)8-12-4-3-5-13(7-12)9-14/h10-13H,3-9H2,1-2H3/t10-,11-,12-,13+/m1/s1. The van der Waals surface area contributed by atoms with E-state index in [0.29, 0.717) is 12.2 Å². The zero-order valence-electron chi connectivity index (χ0n) is 10.6. The van der Waals surface area contributed by atoms with Crippen LogP contribution in [0.25, 0.3) is 0 Å². The van der Waals surface area contributed by atoms with Gasteiger partial charge in [-0.3, -0.25) is 0 Å². The summed E-state index contributed by atoms with van der Waals surface area (Å²) in [4.78, 5) is 0. The highest BCUT2D eigenvalue weighted by atomic mass is 16.7. The molecule has 3 rings (SSSR count). The van der Waals surface area contributed by atoms with Crippen LogP contribution >= 0.6 is 0 Å². The number of hydrogen-bond acceptors (Lipinski definition) is 2. The highest BCUT2D eigenvalue weighted by Crippen LogP contribution is 2.48. The third-order valence-electron chi connectivity index (χ3n) is 4.59. The van der Waals surface area contributed by atoms with Crippen LogP contribution in [0.15, 0.2) is 0 Å². The van der Waals surface area contributed by atoms with Crippen molar-refractivity contribution in [2.45, 2.75) is 76.8 Å². The first kappa shape index (κ1) is 11.0. The first-order valence-corrected chi connectivity index (χ1v) is 7.01. The largest absolute Gasteiger partial charge is 0.347 e. The molecule has 92 valence electrons. The third kappa shape index (κ3) is 2.02. The van der Waals surface area contributed by atoms with Crippen LogP contribution in [0.4, 0.5) is 0 Å². The first-order chi connectivity index (χ1) is 7.65. The van der Waals surface area contributed by atoms with Crippen molar-refractivity contribution in [2.75, 3.05) is 0 Å². The lowest BCUT2D eigenvalue weighted by Gasteiger charge is -2.51. The van der Waals surface area contributed by atoms with Crippen molar-refractivity contribution in [3.8, 4) is 0 Å². The predicted octanol–water partition coefficient (Wildman–Crippen LogP) is 3.50. The first-order valence-electron chi connectivity index (χ1n) is 7.01. The molecule has 0 N–H and O–H groups in total. The second-order valence-corrected chi connectivity index (χ2v) is 6.31. The van der Waals surface area contributed by atoms with Crippen molar-refractivity contribution >= 4 is 0 Å². The minimum atomic E-state index is -0.203. The molecular weight excluding hydrogens is 200 g/mol. The van der Waals surface area contributed by atoms with Gasteiger partial charge in [0.1, 0.15) is 0 Å². The monoisotopic (exact) mass is 224 g/mol. The van der Waals surface area contributed by atoms with Crippen LogP contribution in [-0.4, -0.2) is 18.0 Å². The summed E-state index contributed by atoms with van der Waals surface area (Å²) >= 11 is 0. The van der Waals surface area contributed by atoms with E-state index in [-0.39, 0.29) is 5.79 Å². The molecule has 2 aliphatic carbocycles. The summed E-state index contributed by atoms with van der Waals surface area (Å²) in [7, 11) is 0. The Balaban J connectivity index is 1.76. The predicted molar refractivity (Wildman–Crippen MR) is 63.1 cm³/mol. The summed E-state index contributed by atoms with van der Waals surface area (Å²) in [6.45, 7) is 4.40.